The molecule has 1 amide bonds. The Kier molecular flexibility index (Phi) is 7.53. The number of nitrogens with one attached hydrogen (secondary N) is 1. The number of hydrogen-bond donors (Lipinski definition) is 1. The Balaban J connectivity index is 1.45. The lowest BCUT2D eigenvalue weighted by molar-refractivity contribution is 0.0946. The summed E-state index contributed by atoms with van der Waals surface area (Å²) < 4.78 is 5.54. The Morgan fingerprint density at radius 3 is 2.34 bits per heavy atom. The van der Waals surface area contributed by atoms with Gasteiger partial charge in [0.2, 0.25) is 5.95 Å². The Labute approximate surface area is 207 Å². The van der Waals surface area contributed by atoms with Crippen molar-refractivity contribution in [3.05, 3.63) is 83.6 Å². The molecule has 2 fully saturated rings. The zero-order valence-electron chi connectivity index (χ0n) is 20.1. The van der Waals surface area contributed by atoms with E-state index in [-0.39, 0.29) is 5.91 Å². The Hall–Kier alpha value is -3.45. The molecule has 3 aromatic rings. The molecular formula is C28H33N5O2. The molecule has 2 aromatic carbocycles. The molecule has 7 heteroatoms. The van der Waals surface area contributed by atoms with E-state index in [0.29, 0.717) is 43.9 Å². The fourth-order valence-electron chi connectivity index (χ4n) is 4.25. The van der Waals surface area contributed by atoms with Crippen LogP contribution in [0.2, 0.25) is 0 Å². The van der Waals surface area contributed by atoms with E-state index < -0.39 is 0 Å². The number of carbonyl (C=O) groups is 1. The van der Waals surface area contributed by atoms with Gasteiger partial charge in [0, 0.05) is 38.8 Å². The predicted octanol–water partition coefficient (Wildman–Crippen LogP) is 3.70. The van der Waals surface area contributed by atoms with Gasteiger partial charge in [-0.25, -0.2) is 4.98 Å². The maximum Gasteiger partial charge on any atom is 0.270 e. The van der Waals surface area contributed by atoms with Crippen LogP contribution >= 0.6 is 0 Å². The van der Waals surface area contributed by atoms with Gasteiger partial charge in [-0.05, 0) is 36.3 Å². The fourth-order valence-corrected chi connectivity index (χ4v) is 4.25. The molecule has 1 saturated carbocycles. The van der Waals surface area contributed by atoms with Crippen LogP contribution in [0.4, 0.5) is 11.8 Å². The Morgan fingerprint density at radius 1 is 0.971 bits per heavy atom. The number of nitrogens with zero attached hydrogens (tertiary/aromatic N) is 4. The molecule has 182 valence electrons. The zero-order valence-corrected chi connectivity index (χ0v) is 20.1. The third-order valence-electron chi connectivity index (χ3n) is 6.53. The minimum atomic E-state index is -0.127. The minimum absolute atomic E-state index is 0.127. The first-order chi connectivity index (χ1) is 17.2. The number of rotatable bonds is 10. The normalized spacial score (nSPS) is 15.6. The van der Waals surface area contributed by atoms with Gasteiger partial charge < -0.3 is 19.9 Å². The van der Waals surface area contributed by atoms with Crippen LogP contribution in [0.5, 0.6) is 0 Å². The van der Waals surface area contributed by atoms with Crippen molar-refractivity contribution in [1.29, 1.82) is 0 Å². The quantitative estimate of drug-likeness (QED) is 0.486. The van der Waals surface area contributed by atoms with Gasteiger partial charge in [-0.3, -0.25) is 4.79 Å². The molecule has 0 unspecified atom stereocenters. The van der Waals surface area contributed by atoms with Crippen molar-refractivity contribution in [3.63, 3.8) is 0 Å². The van der Waals surface area contributed by atoms with Gasteiger partial charge in [0.25, 0.3) is 5.91 Å². The minimum Gasteiger partial charge on any atom is -0.378 e. The van der Waals surface area contributed by atoms with Gasteiger partial charge in [-0.1, -0.05) is 60.7 Å². The van der Waals surface area contributed by atoms with Crippen LogP contribution in [0.25, 0.3) is 0 Å². The zero-order chi connectivity index (χ0) is 23.9. The average molecular weight is 472 g/mol. The summed E-state index contributed by atoms with van der Waals surface area (Å²) >= 11 is 0. The summed E-state index contributed by atoms with van der Waals surface area (Å²) in [6.07, 6.45) is 3.25. The first-order valence-corrected chi connectivity index (χ1v) is 12.6. The average Bonchev–Trinajstić information content (AvgIpc) is 3.76. The van der Waals surface area contributed by atoms with Crippen molar-refractivity contribution in [2.75, 3.05) is 49.2 Å². The number of benzene rings is 2. The van der Waals surface area contributed by atoms with E-state index in [1.54, 1.807) is 0 Å². The first-order valence-electron chi connectivity index (χ1n) is 12.6. The van der Waals surface area contributed by atoms with Gasteiger partial charge >= 0.3 is 0 Å². The van der Waals surface area contributed by atoms with Crippen molar-refractivity contribution in [2.45, 2.75) is 25.8 Å². The molecule has 2 aliphatic rings. The smallest absolute Gasteiger partial charge is 0.270 e. The molecule has 1 saturated heterocycles. The number of ether oxygens (including phenoxy) is 1. The monoisotopic (exact) mass is 471 g/mol. The van der Waals surface area contributed by atoms with Gasteiger partial charge in [-0.15, -0.1) is 0 Å². The second-order valence-corrected chi connectivity index (χ2v) is 9.31. The van der Waals surface area contributed by atoms with Crippen molar-refractivity contribution in [1.82, 2.24) is 15.3 Å². The van der Waals surface area contributed by atoms with E-state index in [2.05, 4.69) is 51.5 Å². The highest BCUT2D eigenvalue weighted by Gasteiger charge is 2.24. The summed E-state index contributed by atoms with van der Waals surface area (Å²) in [5.74, 6) is 1.86. The molecule has 1 aliphatic carbocycles. The number of anilines is 2. The summed E-state index contributed by atoms with van der Waals surface area (Å²) in [7, 11) is 0. The van der Waals surface area contributed by atoms with Crippen molar-refractivity contribution < 1.29 is 9.53 Å². The van der Waals surface area contributed by atoms with E-state index >= 15 is 0 Å². The van der Waals surface area contributed by atoms with Crippen LogP contribution in [0.1, 0.15) is 34.5 Å². The summed E-state index contributed by atoms with van der Waals surface area (Å²) in [6, 6.07) is 22.6. The number of hydrogen-bond acceptors (Lipinski definition) is 6. The lowest BCUT2D eigenvalue weighted by atomic mass is 10.1. The van der Waals surface area contributed by atoms with E-state index in [4.69, 9.17) is 14.7 Å². The van der Waals surface area contributed by atoms with Crippen LogP contribution in [0.3, 0.4) is 0 Å². The van der Waals surface area contributed by atoms with E-state index in [1.165, 1.54) is 24.0 Å². The SMILES string of the molecule is O=C(NCC1CC1)c1cc(N2CCOCC2)nc(N(CCc2ccccc2)Cc2ccccc2)n1. The van der Waals surface area contributed by atoms with Gasteiger partial charge in [-0.2, -0.15) is 4.98 Å². The fraction of sp³-hybridized carbons (Fsp3) is 0.393. The van der Waals surface area contributed by atoms with Crippen LogP contribution in [0, 0.1) is 5.92 Å². The third-order valence-corrected chi connectivity index (χ3v) is 6.53. The first kappa shape index (κ1) is 23.3. The molecule has 7 nitrogen and oxygen atoms in total. The number of amides is 1. The summed E-state index contributed by atoms with van der Waals surface area (Å²) in [6.45, 7) is 4.95. The molecule has 1 aromatic heterocycles. The van der Waals surface area contributed by atoms with Crippen LogP contribution in [-0.4, -0.2) is 55.3 Å². The predicted molar refractivity (Wildman–Crippen MR) is 138 cm³/mol. The van der Waals surface area contributed by atoms with E-state index in [1.807, 2.05) is 30.3 Å². The number of carbonyl (C=O) groups excluding carboxylic acids is 1. The van der Waals surface area contributed by atoms with Crippen LogP contribution in [0.15, 0.2) is 66.7 Å². The standard InChI is InChI=1S/C28H33N5O2/c34-27(29-20-23-11-12-23)25-19-26(32-15-17-35-18-16-32)31-28(30-25)33(21-24-9-5-2-6-10-24)14-13-22-7-3-1-4-8-22/h1-10,19,23H,11-18,20-21H2,(H,29,34). The second-order valence-electron chi connectivity index (χ2n) is 9.31. The summed E-state index contributed by atoms with van der Waals surface area (Å²) in [5.41, 5.74) is 2.87. The molecule has 2 heterocycles. The molecule has 0 bridgehead atoms. The van der Waals surface area contributed by atoms with Gasteiger partial charge in [0.05, 0.1) is 13.2 Å². The third kappa shape index (κ3) is 6.57. The molecule has 0 spiro atoms. The highest BCUT2D eigenvalue weighted by Crippen LogP contribution is 2.28. The highest BCUT2D eigenvalue weighted by molar-refractivity contribution is 5.93. The molecule has 5 rings (SSSR count). The maximum atomic E-state index is 13.1. The summed E-state index contributed by atoms with van der Waals surface area (Å²) in [4.78, 5) is 27.2. The van der Waals surface area contributed by atoms with Crippen molar-refractivity contribution >= 4 is 17.7 Å². The molecule has 1 N–H and O–H groups in total. The molecule has 0 atom stereocenters. The van der Waals surface area contributed by atoms with E-state index in [9.17, 15) is 4.79 Å². The molecule has 0 radical (unpaired) electrons. The van der Waals surface area contributed by atoms with Gasteiger partial charge in [0.1, 0.15) is 11.5 Å². The topological polar surface area (TPSA) is 70.6 Å². The van der Waals surface area contributed by atoms with Gasteiger partial charge in [0.15, 0.2) is 0 Å². The number of morpholine rings is 1. The second kappa shape index (κ2) is 11.3. The maximum absolute atomic E-state index is 13.1. The lowest BCUT2D eigenvalue weighted by Gasteiger charge is -2.30. The molecule has 35 heavy (non-hydrogen) atoms. The van der Waals surface area contributed by atoms with Crippen LogP contribution < -0.4 is 15.1 Å². The van der Waals surface area contributed by atoms with Crippen molar-refractivity contribution in [2.24, 2.45) is 5.92 Å². The molecule has 1 aliphatic heterocycles. The Morgan fingerprint density at radius 2 is 1.66 bits per heavy atom. The van der Waals surface area contributed by atoms with Crippen molar-refractivity contribution in [3.8, 4) is 0 Å². The highest BCUT2D eigenvalue weighted by atomic mass is 16.5. The van der Waals surface area contributed by atoms with E-state index in [0.717, 1.165) is 31.9 Å². The van der Waals surface area contributed by atoms with Crippen LogP contribution in [-0.2, 0) is 17.7 Å². The Bertz CT molecular complexity index is 1100. The molecular weight excluding hydrogens is 438 g/mol. The number of aromatic nitrogens is 2. The lowest BCUT2D eigenvalue weighted by Crippen LogP contribution is -2.38. The largest absolute Gasteiger partial charge is 0.378 e. The summed E-state index contributed by atoms with van der Waals surface area (Å²) in [5, 5.41) is 3.07.